The van der Waals surface area contributed by atoms with Gasteiger partial charge in [0.2, 0.25) is 6.04 Å². The van der Waals surface area contributed by atoms with E-state index in [4.69, 9.17) is 0 Å². The van der Waals surface area contributed by atoms with E-state index in [0.29, 0.717) is 11.4 Å². The van der Waals surface area contributed by atoms with Crippen molar-refractivity contribution in [2.45, 2.75) is 31.7 Å². The van der Waals surface area contributed by atoms with Crippen LogP contribution in [0, 0.1) is 13.8 Å². The van der Waals surface area contributed by atoms with Gasteiger partial charge in [-0.3, -0.25) is 14.3 Å². The molecule has 3 rings (SSSR count). The fraction of sp³-hybridized carbons (Fsp3) is 0.190. The van der Waals surface area contributed by atoms with Crippen LogP contribution in [0.5, 0.6) is 0 Å². The van der Waals surface area contributed by atoms with Gasteiger partial charge in [0.15, 0.2) is 10.9 Å². The standard InChI is InChI=1S/C21H21N5O4S2/c1-13-10-14(2)12-17(11-13)23-20(28)19(15(3)27)25-24-16-4-6-18(7-5-16)32(29,30)26-21-22-8-9-31-21/h4-12,19H,1-3H3,(H,22,26)(H,23,28)/t19-/m1/s1. The van der Waals surface area contributed by atoms with Gasteiger partial charge in [0.05, 0.1) is 10.6 Å². The number of thiazole rings is 1. The second-order valence-electron chi connectivity index (χ2n) is 7.03. The molecule has 32 heavy (non-hydrogen) atoms. The maximum atomic E-state index is 12.6. The Bertz CT molecular complexity index is 1230. The van der Waals surface area contributed by atoms with Crippen LogP contribution in [-0.4, -0.2) is 31.1 Å². The minimum absolute atomic E-state index is 0.0160. The summed E-state index contributed by atoms with van der Waals surface area (Å²) >= 11 is 1.16. The first-order valence-electron chi connectivity index (χ1n) is 9.47. The third kappa shape index (κ3) is 6.05. The van der Waals surface area contributed by atoms with Crippen LogP contribution in [0.1, 0.15) is 18.1 Å². The number of azo groups is 1. The van der Waals surface area contributed by atoms with E-state index in [9.17, 15) is 18.0 Å². The Balaban J connectivity index is 1.72. The van der Waals surface area contributed by atoms with Crippen LogP contribution in [0.4, 0.5) is 16.5 Å². The smallest absolute Gasteiger partial charge is 0.263 e. The van der Waals surface area contributed by atoms with Crippen molar-refractivity contribution in [3.63, 3.8) is 0 Å². The number of aryl methyl sites for hydroxylation is 2. The molecule has 2 N–H and O–H groups in total. The van der Waals surface area contributed by atoms with Crippen LogP contribution in [0.25, 0.3) is 0 Å². The summed E-state index contributed by atoms with van der Waals surface area (Å²) in [5.74, 6) is -1.07. The van der Waals surface area contributed by atoms with Crippen molar-refractivity contribution in [2.75, 3.05) is 10.0 Å². The largest absolute Gasteiger partial charge is 0.324 e. The molecule has 0 aliphatic heterocycles. The van der Waals surface area contributed by atoms with Crippen LogP contribution in [0.2, 0.25) is 0 Å². The summed E-state index contributed by atoms with van der Waals surface area (Å²) in [4.78, 5) is 28.4. The first kappa shape index (κ1) is 23.2. The van der Waals surface area contributed by atoms with Crippen molar-refractivity contribution < 1.29 is 18.0 Å². The van der Waals surface area contributed by atoms with Crippen LogP contribution in [0.3, 0.4) is 0 Å². The highest BCUT2D eigenvalue weighted by Crippen LogP contribution is 2.21. The number of hydrogen-bond donors (Lipinski definition) is 2. The predicted molar refractivity (Wildman–Crippen MR) is 123 cm³/mol. The lowest BCUT2D eigenvalue weighted by Crippen LogP contribution is -2.31. The Labute approximate surface area is 189 Å². The van der Waals surface area contributed by atoms with Gasteiger partial charge >= 0.3 is 0 Å². The molecule has 0 aliphatic rings. The van der Waals surface area contributed by atoms with E-state index >= 15 is 0 Å². The highest BCUT2D eigenvalue weighted by atomic mass is 32.2. The number of carbonyl (C=O) groups excluding carboxylic acids is 2. The zero-order valence-electron chi connectivity index (χ0n) is 17.6. The molecule has 0 radical (unpaired) electrons. The highest BCUT2D eigenvalue weighted by Gasteiger charge is 2.23. The van der Waals surface area contributed by atoms with E-state index in [1.807, 2.05) is 19.9 Å². The van der Waals surface area contributed by atoms with Crippen molar-refractivity contribution in [2.24, 2.45) is 10.2 Å². The first-order chi connectivity index (χ1) is 15.1. The molecule has 1 amide bonds. The summed E-state index contributed by atoms with van der Waals surface area (Å²) < 4.78 is 27.1. The number of benzene rings is 2. The van der Waals surface area contributed by atoms with E-state index in [1.165, 1.54) is 37.4 Å². The molecular formula is C21H21N5O4S2. The molecule has 0 spiro atoms. The molecule has 0 saturated carbocycles. The van der Waals surface area contributed by atoms with Crippen molar-refractivity contribution in [3.8, 4) is 0 Å². The number of amides is 1. The maximum absolute atomic E-state index is 12.6. The second-order valence-corrected chi connectivity index (χ2v) is 9.61. The first-order valence-corrected chi connectivity index (χ1v) is 11.8. The molecule has 166 valence electrons. The Kier molecular flexibility index (Phi) is 7.11. The van der Waals surface area contributed by atoms with Crippen LogP contribution in [-0.2, 0) is 19.6 Å². The summed E-state index contributed by atoms with van der Waals surface area (Å²) in [5, 5.41) is 12.4. The van der Waals surface area contributed by atoms with Gasteiger partial charge in [0.1, 0.15) is 0 Å². The van der Waals surface area contributed by atoms with E-state index in [1.54, 1.807) is 17.5 Å². The number of Topliss-reactive ketones (excluding diaryl/α,β-unsaturated/α-hetero) is 1. The molecule has 2 aromatic carbocycles. The third-order valence-corrected chi connectivity index (χ3v) is 6.38. The molecule has 0 fully saturated rings. The number of ketones is 1. The van der Waals surface area contributed by atoms with Crippen LogP contribution < -0.4 is 10.0 Å². The number of hydrogen-bond acceptors (Lipinski definition) is 8. The number of carbonyl (C=O) groups is 2. The lowest BCUT2D eigenvalue weighted by molar-refractivity contribution is -0.126. The molecule has 9 nitrogen and oxygen atoms in total. The van der Waals surface area contributed by atoms with Gasteiger partial charge in [-0.15, -0.1) is 11.3 Å². The van der Waals surface area contributed by atoms with Gasteiger partial charge in [-0.1, -0.05) is 6.07 Å². The second kappa shape index (κ2) is 9.79. The van der Waals surface area contributed by atoms with Gasteiger partial charge in [0.25, 0.3) is 15.9 Å². The van der Waals surface area contributed by atoms with E-state index in [0.717, 1.165) is 22.5 Å². The molecule has 0 bridgehead atoms. The zero-order valence-corrected chi connectivity index (χ0v) is 19.2. The van der Waals surface area contributed by atoms with E-state index < -0.39 is 27.8 Å². The SMILES string of the molecule is CC(=O)[C@@H](N=Nc1ccc(S(=O)(=O)Nc2nccs2)cc1)C(=O)Nc1cc(C)cc(C)c1. The van der Waals surface area contributed by atoms with E-state index in [2.05, 4.69) is 25.3 Å². The summed E-state index contributed by atoms with van der Waals surface area (Å²) in [7, 11) is -3.79. The zero-order chi connectivity index (χ0) is 23.3. The molecule has 1 heterocycles. The molecule has 1 atom stereocenters. The van der Waals surface area contributed by atoms with Crippen molar-refractivity contribution in [1.29, 1.82) is 0 Å². The quantitative estimate of drug-likeness (QED) is 0.375. The molecule has 0 saturated heterocycles. The number of nitrogens with zero attached hydrogens (tertiary/aromatic N) is 3. The van der Waals surface area contributed by atoms with E-state index in [-0.39, 0.29) is 10.0 Å². The van der Waals surface area contributed by atoms with Crippen molar-refractivity contribution in [1.82, 2.24) is 4.98 Å². The Morgan fingerprint density at radius 2 is 1.72 bits per heavy atom. The predicted octanol–water partition coefficient (Wildman–Crippen LogP) is 4.24. The van der Waals surface area contributed by atoms with Crippen LogP contribution in [0.15, 0.2) is 69.2 Å². The number of sulfonamides is 1. The average Bonchev–Trinajstić information content (AvgIpc) is 3.19. The third-order valence-electron chi connectivity index (χ3n) is 4.21. The number of aromatic nitrogens is 1. The number of rotatable bonds is 8. The summed E-state index contributed by atoms with van der Waals surface area (Å²) in [5.41, 5.74) is 2.81. The normalized spacial score (nSPS) is 12.5. The molecule has 0 unspecified atom stereocenters. The lowest BCUT2D eigenvalue weighted by Gasteiger charge is -2.11. The molecule has 3 aromatic rings. The van der Waals surface area contributed by atoms with Gasteiger partial charge in [-0.2, -0.15) is 10.2 Å². The molecule has 11 heteroatoms. The van der Waals surface area contributed by atoms with Gasteiger partial charge < -0.3 is 5.32 Å². The maximum Gasteiger partial charge on any atom is 0.263 e. The van der Waals surface area contributed by atoms with Crippen molar-refractivity contribution in [3.05, 3.63) is 65.2 Å². The molecule has 0 aliphatic carbocycles. The molecule has 1 aromatic heterocycles. The van der Waals surface area contributed by atoms with Gasteiger partial charge in [-0.25, -0.2) is 13.4 Å². The fourth-order valence-corrected chi connectivity index (χ4v) is 4.63. The minimum atomic E-state index is -3.79. The Morgan fingerprint density at radius 1 is 1.06 bits per heavy atom. The topological polar surface area (TPSA) is 130 Å². The van der Waals surface area contributed by atoms with Crippen LogP contribution >= 0.6 is 11.3 Å². The summed E-state index contributed by atoms with van der Waals surface area (Å²) in [6, 6.07) is 9.78. The number of nitrogens with one attached hydrogen (secondary N) is 2. The van der Waals surface area contributed by atoms with Gasteiger partial charge in [-0.05, 0) is 68.3 Å². The summed E-state index contributed by atoms with van der Waals surface area (Å²) in [6.45, 7) is 5.06. The average molecular weight is 472 g/mol. The Morgan fingerprint density at radius 3 is 2.28 bits per heavy atom. The van der Waals surface area contributed by atoms with Crippen molar-refractivity contribution >= 4 is 49.6 Å². The minimum Gasteiger partial charge on any atom is -0.324 e. The monoisotopic (exact) mass is 471 g/mol. The Hall–Kier alpha value is -3.44. The fourth-order valence-electron chi connectivity index (χ4n) is 2.84. The number of anilines is 2. The molecular weight excluding hydrogens is 450 g/mol. The summed E-state index contributed by atoms with van der Waals surface area (Å²) in [6.07, 6.45) is 1.49. The highest BCUT2D eigenvalue weighted by molar-refractivity contribution is 7.93. The van der Waals surface area contributed by atoms with Gasteiger partial charge in [0, 0.05) is 17.3 Å². The lowest BCUT2D eigenvalue weighted by atomic mass is 10.1.